The molecular weight excluding hydrogens is 256 g/mol. The topological polar surface area (TPSA) is 26.3 Å². The van der Waals surface area contributed by atoms with Gasteiger partial charge >= 0.3 is 5.97 Å². The van der Waals surface area contributed by atoms with Crippen LogP contribution in [0.4, 0.5) is 0 Å². The van der Waals surface area contributed by atoms with Crippen molar-refractivity contribution in [2.75, 3.05) is 5.94 Å². The van der Waals surface area contributed by atoms with Crippen molar-refractivity contribution in [2.45, 2.75) is 90.4 Å². The van der Waals surface area contributed by atoms with Crippen molar-refractivity contribution in [3.8, 4) is 0 Å². The zero-order valence-corrected chi connectivity index (χ0v) is 13.6. The molecule has 0 aromatic rings. The van der Waals surface area contributed by atoms with Crippen LogP contribution in [-0.4, -0.2) is 11.9 Å². The summed E-state index contributed by atoms with van der Waals surface area (Å²) in [6.07, 6.45) is 16.4. The molecule has 0 aromatic heterocycles. The molecule has 2 nitrogen and oxygen atoms in total. The van der Waals surface area contributed by atoms with E-state index in [9.17, 15) is 4.79 Å². The summed E-state index contributed by atoms with van der Waals surface area (Å²) in [6, 6.07) is 0. The van der Waals surface area contributed by atoms with Crippen molar-refractivity contribution < 1.29 is 9.53 Å². The third kappa shape index (κ3) is 15.8. The lowest BCUT2D eigenvalue weighted by Gasteiger charge is -2.03. The van der Waals surface area contributed by atoms with E-state index in [4.69, 9.17) is 4.74 Å². The van der Waals surface area contributed by atoms with Gasteiger partial charge in [0.15, 0.2) is 0 Å². The van der Waals surface area contributed by atoms with Crippen molar-refractivity contribution in [3.63, 3.8) is 0 Å². The Balaban J connectivity index is 3.01. The maximum Gasteiger partial charge on any atom is 0.306 e. The monoisotopic (exact) mass is 288 g/mol. The SMILES string of the molecule is CCCCCCCCCCCCCCC(=O)OCS. The Morgan fingerprint density at radius 1 is 0.789 bits per heavy atom. The number of carbonyl (C=O) groups is 1. The van der Waals surface area contributed by atoms with E-state index < -0.39 is 0 Å². The largest absolute Gasteiger partial charge is 0.455 e. The molecule has 0 unspecified atom stereocenters. The quantitative estimate of drug-likeness (QED) is 0.197. The van der Waals surface area contributed by atoms with Gasteiger partial charge in [0.2, 0.25) is 0 Å². The molecule has 0 atom stereocenters. The summed E-state index contributed by atoms with van der Waals surface area (Å²) in [4.78, 5) is 11.1. The highest BCUT2D eigenvalue weighted by Crippen LogP contribution is 2.12. The summed E-state index contributed by atoms with van der Waals surface area (Å²) in [6.45, 7) is 2.26. The van der Waals surface area contributed by atoms with E-state index in [1.54, 1.807) is 0 Å². The molecule has 0 bridgehead atoms. The van der Waals surface area contributed by atoms with Gasteiger partial charge in [0.25, 0.3) is 0 Å². The highest BCUT2D eigenvalue weighted by Gasteiger charge is 2.00. The smallest absolute Gasteiger partial charge is 0.306 e. The van der Waals surface area contributed by atoms with Crippen LogP contribution in [0.15, 0.2) is 0 Å². The number of hydrogen-bond donors (Lipinski definition) is 1. The van der Waals surface area contributed by atoms with Gasteiger partial charge in [0.1, 0.15) is 5.94 Å². The van der Waals surface area contributed by atoms with E-state index in [2.05, 4.69) is 19.6 Å². The first-order valence-corrected chi connectivity index (χ1v) is 8.71. The Labute approximate surface area is 125 Å². The van der Waals surface area contributed by atoms with Gasteiger partial charge in [-0.05, 0) is 6.42 Å². The van der Waals surface area contributed by atoms with Gasteiger partial charge in [-0.25, -0.2) is 0 Å². The Hall–Kier alpha value is -0.180. The summed E-state index contributed by atoms with van der Waals surface area (Å²) < 4.78 is 4.77. The molecule has 0 heterocycles. The van der Waals surface area contributed by atoms with Gasteiger partial charge in [-0.2, -0.15) is 0 Å². The van der Waals surface area contributed by atoms with Crippen molar-refractivity contribution in [3.05, 3.63) is 0 Å². The summed E-state index contributed by atoms with van der Waals surface area (Å²) in [5, 5.41) is 0. The maximum atomic E-state index is 11.1. The maximum absolute atomic E-state index is 11.1. The fraction of sp³-hybridized carbons (Fsp3) is 0.938. The van der Waals surface area contributed by atoms with Gasteiger partial charge in [-0.15, -0.1) is 12.6 Å². The molecule has 0 amide bonds. The molecular formula is C16H32O2S. The number of unbranched alkanes of at least 4 members (excludes halogenated alkanes) is 11. The molecule has 0 saturated carbocycles. The average Bonchev–Trinajstić information content (AvgIpc) is 2.40. The predicted octanol–water partition coefficient (Wildman–Crippen LogP) is 5.51. The minimum absolute atomic E-state index is 0.109. The van der Waals surface area contributed by atoms with Crippen molar-refractivity contribution in [1.29, 1.82) is 0 Å². The molecule has 0 rings (SSSR count). The van der Waals surface area contributed by atoms with Gasteiger partial charge in [-0.3, -0.25) is 4.79 Å². The summed E-state index contributed by atoms with van der Waals surface area (Å²) in [5.74, 6) is 0.0963. The number of rotatable bonds is 14. The molecule has 0 aromatic carbocycles. The summed E-state index contributed by atoms with van der Waals surface area (Å²) in [7, 11) is 0. The standard InChI is InChI=1S/C16H32O2S/c1-2-3-4-5-6-7-8-9-10-11-12-13-14-16(17)18-15-19/h19H,2-15H2,1H3. The van der Waals surface area contributed by atoms with E-state index in [1.165, 1.54) is 64.2 Å². The minimum Gasteiger partial charge on any atom is -0.455 e. The minimum atomic E-state index is -0.109. The summed E-state index contributed by atoms with van der Waals surface area (Å²) >= 11 is 3.85. The second-order valence-electron chi connectivity index (χ2n) is 5.28. The lowest BCUT2D eigenvalue weighted by atomic mass is 10.0. The summed E-state index contributed by atoms with van der Waals surface area (Å²) in [5.41, 5.74) is 0. The van der Waals surface area contributed by atoms with E-state index in [-0.39, 0.29) is 11.9 Å². The van der Waals surface area contributed by atoms with Crippen LogP contribution in [0.3, 0.4) is 0 Å². The fourth-order valence-corrected chi connectivity index (χ4v) is 2.40. The third-order valence-electron chi connectivity index (χ3n) is 3.46. The van der Waals surface area contributed by atoms with Crippen LogP contribution >= 0.6 is 12.6 Å². The van der Waals surface area contributed by atoms with Crippen LogP contribution in [0.1, 0.15) is 90.4 Å². The third-order valence-corrected chi connectivity index (χ3v) is 3.59. The van der Waals surface area contributed by atoms with Crippen molar-refractivity contribution in [1.82, 2.24) is 0 Å². The van der Waals surface area contributed by atoms with Crippen LogP contribution in [0.5, 0.6) is 0 Å². The molecule has 0 aliphatic rings. The number of ether oxygens (including phenoxy) is 1. The van der Waals surface area contributed by atoms with Crippen molar-refractivity contribution in [2.24, 2.45) is 0 Å². The molecule has 0 N–H and O–H groups in total. The lowest BCUT2D eigenvalue weighted by molar-refractivity contribution is -0.141. The second kappa shape index (κ2) is 15.9. The van der Waals surface area contributed by atoms with E-state index in [0.29, 0.717) is 6.42 Å². The number of thiol groups is 1. The molecule has 3 heteroatoms. The van der Waals surface area contributed by atoms with Gasteiger partial charge < -0.3 is 4.74 Å². The first-order valence-electron chi connectivity index (χ1n) is 8.07. The van der Waals surface area contributed by atoms with E-state index in [1.807, 2.05) is 0 Å². The van der Waals surface area contributed by atoms with Gasteiger partial charge in [0.05, 0.1) is 0 Å². The molecule has 114 valence electrons. The zero-order valence-electron chi connectivity index (χ0n) is 12.7. The Bertz CT molecular complexity index is 195. The Morgan fingerprint density at radius 2 is 1.21 bits per heavy atom. The molecule has 0 spiro atoms. The molecule has 0 aliphatic heterocycles. The van der Waals surface area contributed by atoms with Crippen molar-refractivity contribution >= 4 is 18.6 Å². The normalized spacial score (nSPS) is 10.6. The number of carbonyl (C=O) groups excluding carboxylic acids is 1. The molecule has 19 heavy (non-hydrogen) atoms. The zero-order chi connectivity index (χ0) is 14.2. The highest BCUT2D eigenvalue weighted by atomic mass is 32.1. The Kier molecular flexibility index (Phi) is 15.7. The molecule has 0 radical (unpaired) electrons. The molecule has 0 saturated heterocycles. The van der Waals surface area contributed by atoms with Crippen LogP contribution in [0, 0.1) is 0 Å². The first kappa shape index (κ1) is 18.8. The van der Waals surface area contributed by atoms with Crippen LogP contribution in [0.25, 0.3) is 0 Å². The second-order valence-corrected chi connectivity index (χ2v) is 5.54. The molecule has 0 aliphatic carbocycles. The van der Waals surface area contributed by atoms with E-state index >= 15 is 0 Å². The van der Waals surface area contributed by atoms with Gasteiger partial charge in [-0.1, -0.05) is 77.6 Å². The average molecular weight is 288 g/mol. The Morgan fingerprint density at radius 3 is 1.63 bits per heavy atom. The lowest BCUT2D eigenvalue weighted by Crippen LogP contribution is -2.02. The predicted molar refractivity (Wildman–Crippen MR) is 85.6 cm³/mol. The van der Waals surface area contributed by atoms with E-state index in [0.717, 1.165) is 12.8 Å². The fourth-order valence-electron chi connectivity index (χ4n) is 2.25. The number of esters is 1. The van der Waals surface area contributed by atoms with Gasteiger partial charge in [0, 0.05) is 6.42 Å². The van der Waals surface area contributed by atoms with Crippen LogP contribution in [0.2, 0.25) is 0 Å². The number of hydrogen-bond acceptors (Lipinski definition) is 3. The van der Waals surface area contributed by atoms with Crippen LogP contribution < -0.4 is 0 Å². The highest BCUT2D eigenvalue weighted by molar-refractivity contribution is 7.80. The van der Waals surface area contributed by atoms with Crippen LogP contribution in [-0.2, 0) is 9.53 Å². The molecule has 0 fully saturated rings. The first-order chi connectivity index (χ1) is 9.31.